The molecule has 1 aromatic carbocycles. The topological polar surface area (TPSA) is 69.6 Å². The van der Waals surface area contributed by atoms with Gasteiger partial charge in [-0.05, 0) is 18.9 Å². The largest absolute Gasteiger partial charge is 0.396 e. The summed E-state index contributed by atoms with van der Waals surface area (Å²) in [6.07, 6.45) is 0.432. The highest BCUT2D eigenvalue weighted by molar-refractivity contribution is 7.87. The lowest BCUT2D eigenvalue weighted by Crippen LogP contribution is -2.38. The average molecular weight is 272 g/mol. The molecule has 0 unspecified atom stereocenters. The quantitative estimate of drug-likeness (QED) is 0.765. The first kappa shape index (κ1) is 15.1. The van der Waals surface area contributed by atoms with Crippen molar-refractivity contribution in [3.05, 3.63) is 35.4 Å². The van der Waals surface area contributed by atoms with E-state index in [2.05, 4.69) is 4.72 Å². The number of aliphatic hydroxyl groups is 1. The van der Waals surface area contributed by atoms with Crippen molar-refractivity contribution in [3.63, 3.8) is 0 Å². The summed E-state index contributed by atoms with van der Waals surface area (Å²) in [6, 6.07) is 7.68. The predicted octanol–water partition coefficient (Wildman–Crippen LogP) is 0.644. The number of benzene rings is 1. The lowest BCUT2D eigenvalue weighted by atomic mass is 10.2. The van der Waals surface area contributed by atoms with Crippen LogP contribution in [0.15, 0.2) is 24.3 Å². The molecule has 0 fully saturated rings. The van der Waals surface area contributed by atoms with Crippen LogP contribution < -0.4 is 4.72 Å². The van der Waals surface area contributed by atoms with Crippen molar-refractivity contribution in [3.8, 4) is 0 Å². The molecule has 18 heavy (non-hydrogen) atoms. The molecule has 0 atom stereocenters. The van der Waals surface area contributed by atoms with Crippen LogP contribution in [-0.2, 0) is 16.8 Å². The van der Waals surface area contributed by atoms with Crippen LogP contribution in [0.2, 0.25) is 0 Å². The van der Waals surface area contributed by atoms with Crippen molar-refractivity contribution in [2.24, 2.45) is 0 Å². The first-order valence-corrected chi connectivity index (χ1v) is 7.27. The fraction of sp³-hybridized carbons (Fsp3) is 0.500. The van der Waals surface area contributed by atoms with Gasteiger partial charge < -0.3 is 5.11 Å². The predicted molar refractivity (Wildman–Crippen MR) is 71.3 cm³/mol. The number of hydrogen-bond donors (Lipinski definition) is 2. The van der Waals surface area contributed by atoms with E-state index in [1.807, 2.05) is 31.2 Å². The molecule has 102 valence electrons. The maximum absolute atomic E-state index is 11.8. The smallest absolute Gasteiger partial charge is 0.279 e. The lowest BCUT2D eigenvalue weighted by molar-refractivity contribution is 0.275. The first-order valence-electron chi connectivity index (χ1n) is 5.83. The Morgan fingerprint density at radius 3 is 2.44 bits per heavy atom. The minimum atomic E-state index is -3.47. The second-order valence-electron chi connectivity index (χ2n) is 4.21. The Morgan fingerprint density at radius 1 is 1.28 bits per heavy atom. The maximum Gasteiger partial charge on any atom is 0.279 e. The molecule has 0 saturated heterocycles. The van der Waals surface area contributed by atoms with Crippen LogP contribution in [0, 0.1) is 6.92 Å². The number of rotatable bonds is 7. The SMILES string of the molecule is Cc1ccc(CNS(=O)(=O)N(C)CCCO)cc1. The normalized spacial score (nSPS) is 12.0. The fourth-order valence-corrected chi connectivity index (χ4v) is 2.34. The third-order valence-electron chi connectivity index (χ3n) is 2.62. The Kier molecular flexibility index (Phi) is 5.74. The van der Waals surface area contributed by atoms with Gasteiger partial charge in [0.15, 0.2) is 0 Å². The lowest BCUT2D eigenvalue weighted by Gasteiger charge is -2.17. The van der Waals surface area contributed by atoms with E-state index in [0.29, 0.717) is 13.0 Å². The van der Waals surface area contributed by atoms with Gasteiger partial charge in [0.2, 0.25) is 0 Å². The summed E-state index contributed by atoms with van der Waals surface area (Å²) in [5, 5.41) is 8.67. The molecule has 1 aromatic rings. The third kappa shape index (κ3) is 4.73. The van der Waals surface area contributed by atoms with Crippen LogP contribution in [0.5, 0.6) is 0 Å². The highest BCUT2D eigenvalue weighted by Gasteiger charge is 2.16. The third-order valence-corrected chi connectivity index (χ3v) is 4.13. The maximum atomic E-state index is 11.8. The standard InChI is InChI=1S/C12H20N2O3S/c1-11-4-6-12(7-5-11)10-13-18(16,17)14(2)8-3-9-15/h4-7,13,15H,3,8-10H2,1-2H3. The second-order valence-corrected chi connectivity index (χ2v) is 6.07. The van der Waals surface area contributed by atoms with Gasteiger partial charge in [-0.3, -0.25) is 0 Å². The Morgan fingerprint density at radius 2 is 1.89 bits per heavy atom. The van der Waals surface area contributed by atoms with Crippen molar-refractivity contribution in [2.75, 3.05) is 20.2 Å². The van der Waals surface area contributed by atoms with E-state index in [-0.39, 0.29) is 13.2 Å². The zero-order valence-electron chi connectivity index (χ0n) is 10.8. The second kappa shape index (κ2) is 6.84. The molecule has 0 aliphatic heterocycles. The van der Waals surface area contributed by atoms with E-state index in [0.717, 1.165) is 11.1 Å². The minimum Gasteiger partial charge on any atom is -0.396 e. The molecular formula is C12H20N2O3S. The van der Waals surface area contributed by atoms with Crippen LogP contribution >= 0.6 is 0 Å². The van der Waals surface area contributed by atoms with Crippen LogP contribution in [0.4, 0.5) is 0 Å². The van der Waals surface area contributed by atoms with Crippen molar-refractivity contribution in [2.45, 2.75) is 19.9 Å². The molecule has 1 rings (SSSR count). The number of nitrogens with one attached hydrogen (secondary N) is 1. The summed E-state index contributed by atoms with van der Waals surface area (Å²) < 4.78 is 27.3. The van der Waals surface area contributed by atoms with Gasteiger partial charge >= 0.3 is 0 Å². The molecule has 6 heteroatoms. The molecule has 0 amide bonds. The van der Waals surface area contributed by atoms with Crippen LogP contribution in [-0.4, -0.2) is 38.0 Å². The number of hydrogen-bond acceptors (Lipinski definition) is 3. The Hall–Kier alpha value is -0.950. The number of aliphatic hydroxyl groups excluding tert-OH is 1. The van der Waals surface area contributed by atoms with Gasteiger partial charge in [-0.25, -0.2) is 0 Å². The van der Waals surface area contributed by atoms with Crippen molar-refractivity contribution in [1.82, 2.24) is 9.03 Å². The number of aryl methyl sites for hydroxylation is 1. The van der Waals surface area contributed by atoms with Crippen molar-refractivity contribution in [1.29, 1.82) is 0 Å². The molecule has 0 aromatic heterocycles. The summed E-state index contributed by atoms with van der Waals surface area (Å²) in [5.41, 5.74) is 2.06. The van der Waals surface area contributed by atoms with Gasteiger partial charge in [-0.1, -0.05) is 29.8 Å². The van der Waals surface area contributed by atoms with Gasteiger partial charge in [-0.15, -0.1) is 0 Å². The molecule has 0 aliphatic carbocycles. The summed E-state index contributed by atoms with van der Waals surface area (Å²) in [4.78, 5) is 0. The molecule has 2 N–H and O–H groups in total. The van der Waals surface area contributed by atoms with Crippen molar-refractivity contribution >= 4 is 10.2 Å². The molecule has 0 radical (unpaired) electrons. The zero-order chi connectivity index (χ0) is 13.6. The Balaban J connectivity index is 2.53. The van der Waals surface area contributed by atoms with Crippen LogP contribution in [0.3, 0.4) is 0 Å². The van der Waals surface area contributed by atoms with E-state index < -0.39 is 10.2 Å². The summed E-state index contributed by atoms with van der Waals surface area (Å²) in [7, 11) is -1.98. The first-order chi connectivity index (χ1) is 8.45. The zero-order valence-corrected chi connectivity index (χ0v) is 11.6. The molecule has 5 nitrogen and oxygen atoms in total. The molecule has 0 saturated carbocycles. The van der Waals surface area contributed by atoms with Crippen LogP contribution in [0.1, 0.15) is 17.5 Å². The highest BCUT2D eigenvalue weighted by Crippen LogP contribution is 2.04. The van der Waals surface area contributed by atoms with E-state index in [4.69, 9.17) is 5.11 Å². The molecule has 0 aliphatic rings. The van der Waals surface area contributed by atoms with Crippen molar-refractivity contribution < 1.29 is 13.5 Å². The average Bonchev–Trinajstić information content (AvgIpc) is 2.35. The molecule has 0 heterocycles. The minimum absolute atomic E-state index is 0.0160. The van der Waals surface area contributed by atoms with Gasteiger partial charge in [0.1, 0.15) is 0 Å². The summed E-state index contributed by atoms with van der Waals surface area (Å²) in [5.74, 6) is 0. The monoisotopic (exact) mass is 272 g/mol. The van der Waals surface area contributed by atoms with E-state index >= 15 is 0 Å². The molecule has 0 spiro atoms. The van der Waals surface area contributed by atoms with E-state index in [1.54, 1.807) is 0 Å². The molecule has 0 bridgehead atoms. The van der Waals surface area contributed by atoms with Crippen LogP contribution in [0.25, 0.3) is 0 Å². The van der Waals surface area contributed by atoms with Gasteiger partial charge in [0.25, 0.3) is 10.2 Å². The fourth-order valence-electron chi connectivity index (χ4n) is 1.40. The van der Waals surface area contributed by atoms with E-state index in [9.17, 15) is 8.42 Å². The van der Waals surface area contributed by atoms with Gasteiger partial charge in [-0.2, -0.15) is 17.4 Å². The Bertz CT molecular complexity index is 457. The molecular weight excluding hydrogens is 252 g/mol. The summed E-state index contributed by atoms with van der Waals surface area (Å²) >= 11 is 0. The van der Waals surface area contributed by atoms with Gasteiger partial charge in [0.05, 0.1) is 0 Å². The van der Waals surface area contributed by atoms with E-state index in [1.165, 1.54) is 11.4 Å². The summed E-state index contributed by atoms with van der Waals surface area (Å²) in [6.45, 7) is 2.54. The Labute approximate surface area is 109 Å². The highest BCUT2D eigenvalue weighted by atomic mass is 32.2. The van der Waals surface area contributed by atoms with Gasteiger partial charge in [0, 0.05) is 26.7 Å². The number of nitrogens with zero attached hydrogens (tertiary/aromatic N) is 1.